The minimum Gasteiger partial charge on any atom is -0.379 e. The summed E-state index contributed by atoms with van der Waals surface area (Å²) in [4.78, 5) is 40.4. The van der Waals surface area contributed by atoms with E-state index in [1.807, 2.05) is 30.3 Å². The Balaban J connectivity index is 1.42. The van der Waals surface area contributed by atoms with E-state index in [1.54, 1.807) is 0 Å². The van der Waals surface area contributed by atoms with E-state index in [1.165, 1.54) is 4.90 Å². The van der Waals surface area contributed by atoms with Crippen LogP contribution in [0.15, 0.2) is 30.3 Å². The van der Waals surface area contributed by atoms with E-state index in [9.17, 15) is 14.4 Å². The van der Waals surface area contributed by atoms with Gasteiger partial charge in [0, 0.05) is 38.3 Å². The van der Waals surface area contributed by atoms with Crippen molar-refractivity contribution in [3.05, 3.63) is 30.3 Å². The summed E-state index contributed by atoms with van der Waals surface area (Å²) in [6.45, 7) is 4.41. The van der Waals surface area contributed by atoms with E-state index >= 15 is 0 Å². The molecule has 146 valence electrons. The summed E-state index contributed by atoms with van der Waals surface area (Å²) in [5, 5.41) is 5.47. The second kappa shape index (κ2) is 9.48. The molecule has 3 rings (SSSR count). The van der Waals surface area contributed by atoms with Crippen molar-refractivity contribution in [2.45, 2.75) is 18.9 Å². The van der Waals surface area contributed by atoms with Crippen molar-refractivity contribution in [2.24, 2.45) is 0 Å². The molecule has 2 heterocycles. The summed E-state index contributed by atoms with van der Waals surface area (Å²) in [7, 11) is 0. The molecule has 27 heavy (non-hydrogen) atoms. The number of carbonyl (C=O) groups is 3. The lowest BCUT2D eigenvalue weighted by atomic mass is 10.2. The van der Waals surface area contributed by atoms with Crippen LogP contribution in [0.3, 0.4) is 0 Å². The average molecular weight is 374 g/mol. The highest BCUT2D eigenvalue weighted by molar-refractivity contribution is 6.04. The van der Waals surface area contributed by atoms with Crippen molar-refractivity contribution in [3.8, 4) is 0 Å². The molecule has 1 aromatic carbocycles. The van der Waals surface area contributed by atoms with E-state index in [4.69, 9.17) is 4.74 Å². The Morgan fingerprint density at radius 2 is 1.85 bits per heavy atom. The summed E-state index contributed by atoms with van der Waals surface area (Å²) < 4.78 is 5.28. The number of para-hydroxylation sites is 1. The Hall–Kier alpha value is -2.45. The van der Waals surface area contributed by atoms with Gasteiger partial charge in [-0.15, -0.1) is 0 Å². The van der Waals surface area contributed by atoms with Crippen molar-refractivity contribution in [3.63, 3.8) is 0 Å². The monoisotopic (exact) mass is 374 g/mol. The first-order chi connectivity index (χ1) is 13.1. The predicted molar refractivity (Wildman–Crippen MR) is 100 cm³/mol. The Kier molecular flexibility index (Phi) is 6.78. The molecule has 1 atom stereocenters. The maximum Gasteiger partial charge on any atom is 0.243 e. The average Bonchev–Trinajstić information content (AvgIpc) is 3.09. The molecule has 8 nitrogen and oxygen atoms in total. The number of anilines is 1. The molecule has 0 saturated carbocycles. The van der Waals surface area contributed by atoms with E-state index in [0.29, 0.717) is 25.1 Å². The van der Waals surface area contributed by atoms with Gasteiger partial charge in [0.15, 0.2) is 0 Å². The third-order valence-electron chi connectivity index (χ3n) is 4.83. The fourth-order valence-corrected chi connectivity index (χ4v) is 3.37. The quantitative estimate of drug-likeness (QED) is 0.687. The minimum absolute atomic E-state index is 0.0729. The maximum atomic E-state index is 12.5. The number of carbonyl (C=O) groups excluding carboxylic acids is 3. The predicted octanol–water partition coefficient (Wildman–Crippen LogP) is -0.253. The molecule has 0 radical (unpaired) electrons. The van der Waals surface area contributed by atoms with Crippen molar-refractivity contribution in [2.75, 3.05) is 50.8 Å². The van der Waals surface area contributed by atoms with Crippen LogP contribution in [0.5, 0.6) is 0 Å². The van der Waals surface area contributed by atoms with Gasteiger partial charge in [-0.05, 0) is 18.6 Å². The highest BCUT2D eigenvalue weighted by atomic mass is 16.5. The number of morpholine rings is 1. The number of nitrogens with one attached hydrogen (secondary N) is 2. The van der Waals surface area contributed by atoms with Crippen LogP contribution in [-0.2, 0) is 19.1 Å². The number of ether oxygens (including phenoxy) is 1. The molecule has 2 saturated heterocycles. The molecule has 2 aliphatic heterocycles. The highest BCUT2D eigenvalue weighted by Crippen LogP contribution is 2.26. The fourth-order valence-electron chi connectivity index (χ4n) is 3.37. The van der Waals surface area contributed by atoms with Crippen LogP contribution < -0.4 is 15.5 Å². The molecular formula is C19H26N4O4. The third kappa shape index (κ3) is 5.27. The zero-order valence-corrected chi connectivity index (χ0v) is 15.4. The SMILES string of the molecule is O=C(CNC(=O)C1CCC(=O)N1c1ccccc1)NCCN1CCOCC1. The van der Waals surface area contributed by atoms with Gasteiger partial charge < -0.3 is 15.4 Å². The van der Waals surface area contributed by atoms with Gasteiger partial charge in [-0.3, -0.25) is 24.2 Å². The first kappa shape index (κ1) is 19.3. The van der Waals surface area contributed by atoms with Crippen LogP contribution in [-0.4, -0.2) is 74.6 Å². The Bertz CT molecular complexity index is 661. The minimum atomic E-state index is -0.568. The summed E-state index contributed by atoms with van der Waals surface area (Å²) in [5.41, 5.74) is 0.704. The van der Waals surface area contributed by atoms with Gasteiger partial charge in [0.1, 0.15) is 6.04 Å². The molecule has 2 aliphatic rings. The molecule has 2 N–H and O–H groups in total. The summed E-state index contributed by atoms with van der Waals surface area (Å²) >= 11 is 0. The van der Waals surface area contributed by atoms with Gasteiger partial charge in [0.2, 0.25) is 17.7 Å². The molecule has 0 aromatic heterocycles. The van der Waals surface area contributed by atoms with Gasteiger partial charge in [-0.1, -0.05) is 18.2 Å². The number of benzene rings is 1. The molecule has 2 fully saturated rings. The van der Waals surface area contributed by atoms with Gasteiger partial charge >= 0.3 is 0 Å². The smallest absolute Gasteiger partial charge is 0.243 e. The highest BCUT2D eigenvalue weighted by Gasteiger charge is 2.36. The Morgan fingerprint density at radius 1 is 1.11 bits per heavy atom. The normalized spacial score (nSPS) is 20.5. The van der Waals surface area contributed by atoms with Crippen LogP contribution in [0.1, 0.15) is 12.8 Å². The lowest BCUT2D eigenvalue weighted by Gasteiger charge is -2.26. The van der Waals surface area contributed by atoms with Crippen molar-refractivity contribution < 1.29 is 19.1 Å². The molecule has 8 heteroatoms. The zero-order valence-electron chi connectivity index (χ0n) is 15.4. The Labute approximate surface area is 158 Å². The van der Waals surface area contributed by atoms with Crippen LogP contribution >= 0.6 is 0 Å². The first-order valence-electron chi connectivity index (χ1n) is 9.37. The van der Waals surface area contributed by atoms with Gasteiger partial charge in [0.05, 0.1) is 19.8 Å². The molecule has 0 bridgehead atoms. The van der Waals surface area contributed by atoms with Crippen LogP contribution in [0.2, 0.25) is 0 Å². The number of hydrogen-bond acceptors (Lipinski definition) is 5. The van der Waals surface area contributed by atoms with Gasteiger partial charge in [0.25, 0.3) is 0 Å². The van der Waals surface area contributed by atoms with E-state index in [2.05, 4.69) is 15.5 Å². The fraction of sp³-hybridized carbons (Fsp3) is 0.526. The van der Waals surface area contributed by atoms with Crippen molar-refractivity contribution in [1.29, 1.82) is 0 Å². The van der Waals surface area contributed by atoms with Crippen LogP contribution in [0, 0.1) is 0 Å². The lowest BCUT2D eigenvalue weighted by Crippen LogP contribution is -2.48. The van der Waals surface area contributed by atoms with E-state index in [-0.39, 0.29) is 24.3 Å². The van der Waals surface area contributed by atoms with E-state index < -0.39 is 6.04 Å². The Morgan fingerprint density at radius 3 is 2.59 bits per heavy atom. The maximum absolute atomic E-state index is 12.5. The van der Waals surface area contributed by atoms with Gasteiger partial charge in [-0.2, -0.15) is 0 Å². The number of hydrogen-bond donors (Lipinski definition) is 2. The summed E-state index contributed by atoms with van der Waals surface area (Å²) in [6.07, 6.45) is 0.789. The second-order valence-corrected chi connectivity index (χ2v) is 6.68. The van der Waals surface area contributed by atoms with Crippen LogP contribution in [0.25, 0.3) is 0 Å². The first-order valence-corrected chi connectivity index (χ1v) is 9.37. The van der Waals surface area contributed by atoms with Crippen molar-refractivity contribution >= 4 is 23.4 Å². The standard InChI is InChI=1S/C19H26N4O4/c24-17(20-8-9-22-10-12-27-13-11-22)14-21-19(26)16-6-7-18(25)23(16)15-4-2-1-3-5-15/h1-5,16H,6-14H2,(H,20,24)(H,21,26). The topological polar surface area (TPSA) is 91.0 Å². The molecule has 3 amide bonds. The number of amides is 3. The molecule has 1 unspecified atom stereocenters. The van der Waals surface area contributed by atoms with Gasteiger partial charge in [-0.25, -0.2) is 0 Å². The molecule has 0 spiro atoms. The van der Waals surface area contributed by atoms with Crippen LogP contribution in [0.4, 0.5) is 5.69 Å². The number of rotatable bonds is 7. The molecular weight excluding hydrogens is 348 g/mol. The summed E-state index contributed by atoms with van der Waals surface area (Å²) in [5.74, 6) is -0.600. The molecule has 1 aromatic rings. The summed E-state index contributed by atoms with van der Waals surface area (Å²) in [6, 6.07) is 8.57. The number of nitrogens with zero attached hydrogens (tertiary/aromatic N) is 2. The second-order valence-electron chi connectivity index (χ2n) is 6.68. The lowest BCUT2D eigenvalue weighted by molar-refractivity contribution is -0.127. The van der Waals surface area contributed by atoms with E-state index in [0.717, 1.165) is 32.8 Å². The largest absolute Gasteiger partial charge is 0.379 e. The van der Waals surface area contributed by atoms with Crippen molar-refractivity contribution in [1.82, 2.24) is 15.5 Å². The third-order valence-corrected chi connectivity index (χ3v) is 4.83. The molecule has 0 aliphatic carbocycles. The zero-order chi connectivity index (χ0) is 19.1.